The molecule has 10 rings (SSSR count). The number of nitrogens with zero attached hydrogens (tertiary/aromatic N) is 15. The Morgan fingerprint density at radius 2 is 1.13 bits per heavy atom. The van der Waals surface area contributed by atoms with Gasteiger partial charge in [-0.1, -0.05) is 43.8 Å². The third-order valence-electron chi connectivity index (χ3n) is 18.0. The zero-order chi connectivity index (χ0) is 63.9. The van der Waals surface area contributed by atoms with Crippen LogP contribution in [0.5, 0.6) is 12.0 Å². The maximum Gasteiger partial charge on any atom is 0.328 e. The van der Waals surface area contributed by atoms with Gasteiger partial charge < -0.3 is 58.6 Å². The number of aryl methyl sites for hydroxylation is 2. The van der Waals surface area contributed by atoms with Gasteiger partial charge >= 0.3 is 18.0 Å². The molecule has 2 aromatic carbocycles. The van der Waals surface area contributed by atoms with Gasteiger partial charge in [-0.2, -0.15) is 19.9 Å². The summed E-state index contributed by atoms with van der Waals surface area (Å²) in [6, 6.07) is 13.3. The third-order valence-corrected chi connectivity index (χ3v) is 18.0. The highest BCUT2D eigenvalue weighted by molar-refractivity contribution is 5.88. The number of aromatic nitrogens is 4. The number of piperidine rings is 1. The Hall–Kier alpha value is -7.50. The maximum absolute atomic E-state index is 14.0. The van der Waals surface area contributed by atoms with E-state index in [1.807, 2.05) is 72.9 Å². The summed E-state index contributed by atoms with van der Waals surface area (Å²) in [6.45, 7) is 33.7. The second kappa shape index (κ2) is 33.0. The van der Waals surface area contributed by atoms with E-state index in [1.54, 1.807) is 12.2 Å². The molecule has 90 heavy (non-hydrogen) atoms. The molecule has 8 heterocycles. The van der Waals surface area contributed by atoms with Crippen molar-refractivity contribution in [3.8, 4) is 12.0 Å². The number of fused-ring (bicyclic) bond motifs is 2. The number of aliphatic carboxylic acids is 1. The van der Waals surface area contributed by atoms with Crippen LogP contribution >= 0.6 is 0 Å². The van der Waals surface area contributed by atoms with Gasteiger partial charge in [-0.05, 0) is 143 Å². The number of halogens is 2. The molecule has 6 aliphatic heterocycles. The highest BCUT2D eigenvalue weighted by Crippen LogP contribution is 2.37. The van der Waals surface area contributed by atoms with E-state index in [4.69, 9.17) is 47.7 Å². The molecule has 20 nitrogen and oxygen atoms in total. The number of carbonyl (C=O) groups is 2. The standard InChI is InChI=1S/C33H45FN8O2.C28H37FN6O.C6H11NO2.CH4/c1-23-9-7-10-30(24(23)2)40-14-12-28-29(21-40)36-33(44-22-26-17-25(34)19-39(26)6)37-32(28)41-15-16-42(27(20-41)18-35-3)31(43)11-8-13-38(4)5;1-19-7-5-9-26(20(19)2)34-12-10-24-25(17-34)31-28(36-18-23-13-22(29)16-33(23)4)32-27(24)35-11-6-8-21(15-35)14-30-3;1-7(2)5-3-4-6(8)9;/h7-11,25-27H,12-22H2,1-2,4-6H3;5,7,9,21-23H,6,8,10-18H2,1-2,4H3;3-4H,5H2,1-2H3,(H,8,9);1H4/b11-8+;;4-3+;/t25-,26+,27+;21-,22+,23-;;/m10../s1. The van der Waals surface area contributed by atoms with E-state index in [9.17, 15) is 18.4 Å². The third kappa shape index (κ3) is 18.6. The number of carbonyl (C=O) groups excluding carboxylic acids is 1. The first-order chi connectivity index (χ1) is 42.7. The molecule has 6 atom stereocenters. The molecular weight excluding hydrogens is 1140 g/mol. The number of amides is 1. The zero-order valence-electron chi connectivity index (χ0n) is 54.0. The minimum absolute atomic E-state index is 0. The number of hydrogen-bond donors (Lipinski definition) is 1. The average Bonchev–Trinajstić information content (AvgIpc) is 1.01. The van der Waals surface area contributed by atoms with E-state index in [-0.39, 0.29) is 38.0 Å². The zero-order valence-corrected chi connectivity index (χ0v) is 54.0. The maximum atomic E-state index is 14.0. The van der Waals surface area contributed by atoms with E-state index >= 15 is 0 Å². The lowest BCUT2D eigenvalue weighted by atomic mass is 9.96. The van der Waals surface area contributed by atoms with Crippen LogP contribution in [0.1, 0.15) is 77.9 Å². The molecule has 6 aliphatic rings. The van der Waals surface area contributed by atoms with Gasteiger partial charge in [-0.3, -0.25) is 14.6 Å². The van der Waals surface area contributed by atoms with Crippen molar-refractivity contribution in [2.45, 2.75) is 117 Å². The Labute approximate surface area is 533 Å². The van der Waals surface area contributed by atoms with Crippen molar-refractivity contribution in [2.75, 3.05) is 160 Å². The highest BCUT2D eigenvalue weighted by atomic mass is 19.1. The predicted molar refractivity (Wildman–Crippen MR) is 354 cm³/mol. The molecule has 0 spiro atoms. The number of rotatable bonds is 18. The number of hydrogen-bond acceptors (Lipinski definition) is 16. The van der Waals surface area contributed by atoms with Crippen molar-refractivity contribution < 1.29 is 33.0 Å². The lowest BCUT2D eigenvalue weighted by Crippen LogP contribution is -2.56. The van der Waals surface area contributed by atoms with Gasteiger partial charge in [-0.15, -0.1) is 0 Å². The van der Waals surface area contributed by atoms with Crippen LogP contribution in [0.2, 0.25) is 0 Å². The molecule has 488 valence electrons. The van der Waals surface area contributed by atoms with Crippen molar-refractivity contribution in [1.82, 2.24) is 44.4 Å². The fraction of sp³-hybridized carbons (Fsp3) is 0.588. The minimum Gasteiger partial charge on any atom is -0.478 e. The molecule has 0 unspecified atom stereocenters. The summed E-state index contributed by atoms with van der Waals surface area (Å²) in [4.78, 5) is 69.0. The molecule has 22 heteroatoms. The Kier molecular flexibility index (Phi) is 25.7. The van der Waals surface area contributed by atoms with Crippen molar-refractivity contribution in [1.29, 1.82) is 0 Å². The molecule has 4 aromatic rings. The SMILES string of the molecule is C.CN(C)C/C=C/C(=O)O.[C-]#[N+]C[C@@H]1CCCN(c2nc(OC[C@@H]3C[C@@H](F)CN3C)nc3c2CCN(c2cccc(C)c2C)C3)C1.[C-]#[N+]C[C@H]1CN(c2nc(OC[C@@H]3C[C@@H](F)CN3C)nc3c2CCN(c2cccc(C)c2C)C3)CCN1C(=O)/C=C/CN(C)C. The Morgan fingerprint density at radius 3 is 1.59 bits per heavy atom. The quantitative estimate of drug-likeness (QED) is 0.0749. The largest absolute Gasteiger partial charge is 0.478 e. The van der Waals surface area contributed by atoms with Crippen LogP contribution in [0.4, 0.5) is 31.8 Å². The molecule has 1 amide bonds. The smallest absolute Gasteiger partial charge is 0.328 e. The van der Waals surface area contributed by atoms with Crippen LogP contribution < -0.4 is 29.1 Å². The van der Waals surface area contributed by atoms with Crippen molar-refractivity contribution in [3.63, 3.8) is 0 Å². The molecular formula is C68H97F2N15O5. The van der Waals surface area contributed by atoms with E-state index in [0.29, 0.717) is 109 Å². The summed E-state index contributed by atoms with van der Waals surface area (Å²) < 4.78 is 40.3. The average molecular weight is 1240 g/mol. The summed E-state index contributed by atoms with van der Waals surface area (Å²) in [5, 5.41) is 8.12. The minimum atomic E-state index is -0.892. The van der Waals surface area contributed by atoms with Crippen LogP contribution in [0.3, 0.4) is 0 Å². The molecule has 4 fully saturated rings. The van der Waals surface area contributed by atoms with Gasteiger partial charge in [0, 0.05) is 125 Å². The van der Waals surface area contributed by atoms with Gasteiger partial charge in [0.05, 0.1) is 24.5 Å². The summed E-state index contributed by atoms with van der Waals surface area (Å²) >= 11 is 0. The number of carboxylic acids is 1. The van der Waals surface area contributed by atoms with Crippen molar-refractivity contribution in [3.05, 3.63) is 128 Å². The van der Waals surface area contributed by atoms with Gasteiger partial charge in [0.2, 0.25) is 19.0 Å². The van der Waals surface area contributed by atoms with Gasteiger partial charge in [0.25, 0.3) is 0 Å². The summed E-state index contributed by atoms with van der Waals surface area (Å²) in [6.07, 6.45) is 9.29. The van der Waals surface area contributed by atoms with Crippen molar-refractivity contribution >= 4 is 34.9 Å². The molecule has 2 aromatic heterocycles. The fourth-order valence-corrected chi connectivity index (χ4v) is 12.7. The lowest BCUT2D eigenvalue weighted by molar-refractivity contribution is -0.131. The van der Waals surface area contributed by atoms with Crippen LogP contribution in [0, 0.1) is 46.8 Å². The Morgan fingerprint density at radius 1 is 0.644 bits per heavy atom. The van der Waals surface area contributed by atoms with E-state index in [1.165, 1.54) is 39.2 Å². The first-order valence-electron chi connectivity index (χ1n) is 31.4. The van der Waals surface area contributed by atoms with E-state index in [2.05, 4.69) is 93.4 Å². The number of carboxylic acid groups (broad SMARTS) is 1. The lowest BCUT2D eigenvalue weighted by Gasteiger charge is -2.41. The molecule has 1 N–H and O–H groups in total. The predicted octanol–water partition coefficient (Wildman–Crippen LogP) is 8.17. The van der Waals surface area contributed by atoms with Crippen LogP contribution in [-0.2, 0) is 35.5 Å². The Bertz CT molecular complexity index is 3210. The molecule has 0 aliphatic carbocycles. The number of piperazine rings is 1. The summed E-state index contributed by atoms with van der Waals surface area (Å²) in [7, 11) is 11.5. The molecule has 0 radical (unpaired) electrons. The number of alkyl halides is 2. The Balaban J connectivity index is 0.000000226. The van der Waals surface area contributed by atoms with Gasteiger partial charge in [-0.25, -0.2) is 26.7 Å². The van der Waals surface area contributed by atoms with Crippen molar-refractivity contribution in [2.24, 2.45) is 5.92 Å². The molecule has 0 bridgehead atoms. The summed E-state index contributed by atoms with van der Waals surface area (Å²) in [5.41, 5.74) is 11.8. The normalized spacial score (nSPS) is 21.9. The highest BCUT2D eigenvalue weighted by Gasteiger charge is 2.37. The fourth-order valence-electron chi connectivity index (χ4n) is 12.7. The topological polar surface area (TPSA) is 162 Å². The second-order valence-corrected chi connectivity index (χ2v) is 25.2. The first-order valence-corrected chi connectivity index (χ1v) is 31.4. The van der Waals surface area contributed by atoms with Crippen LogP contribution in [-0.4, -0.2) is 232 Å². The number of anilines is 4. The van der Waals surface area contributed by atoms with Crippen LogP contribution in [0.15, 0.2) is 60.7 Å². The van der Waals surface area contributed by atoms with E-state index < -0.39 is 18.3 Å². The van der Waals surface area contributed by atoms with Gasteiger partial charge in [0.1, 0.15) is 43.2 Å². The van der Waals surface area contributed by atoms with Gasteiger partial charge in [0.15, 0.2) is 0 Å². The molecule has 4 saturated heterocycles. The summed E-state index contributed by atoms with van der Waals surface area (Å²) in [5.74, 6) is 1.20. The number of ether oxygens (including phenoxy) is 2. The van der Waals surface area contributed by atoms with E-state index in [0.717, 1.165) is 86.5 Å². The number of likely N-dealkylation sites (N-methyl/N-ethyl adjacent to an activating group) is 4. The number of likely N-dealkylation sites (tertiary alicyclic amines) is 2. The van der Waals surface area contributed by atoms with Crippen LogP contribution in [0.25, 0.3) is 9.69 Å². The number of benzene rings is 2. The second-order valence-electron chi connectivity index (χ2n) is 25.2. The first kappa shape index (κ1) is 70.0. The monoisotopic (exact) mass is 1240 g/mol. The molecule has 0 saturated carbocycles.